The fraction of sp³-hybridized carbons (Fsp3) is 0.214. The maximum atomic E-state index is 13.6. The number of hydrogen-bond donors (Lipinski definition) is 1. The van der Waals surface area contributed by atoms with E-state index < -0.39 is 0 Å². The molecule has 1 aliphatic rings. The van der Waals surface area contributed by atoms with Gasteiger partial charge in [-0.05, 0) is 81.6 Å². The smallest absolute Gasteiger partial charge is 0.282 e. The lowest BCUT2D eigenvalue weighted by Gasteiger charge is -2.16. The van der Waals surface area contributed by atoms with Crippen LogP contribution in [0.15, 0.2) is 72.4 Å². The van der Waals surface area contributed by atoms with Gasteiger partial charge < -0.3 is 10.1 Å². The van der Waals surface area contributed by atoms with Gasteiger partial charge in [0.2, 0.25) is 0 Å². The van der Waals surface area contributed by atoms with E-state index in [9.17, 15) is 9.59 Å². The van der Waals surface area contributed by atoms with Crippen molar-refractivity contribution < 1.29 is 14.3 Å². The van der Waals surface area contributed by atoms with Crippen LogP contribution in [0.3, 0.4) is 0 Å². The first-order valence-electron chi connectivity index (χ1n) is 11.1. The first-order valence-corrected chi connectivity index (χ1v) is 11.1. The summed E-state index contributed by atoms with van der Waals surface area (Å²) in [4.78, 5) is 28.4. The van der Waals surface area contributed by atoms with Crippen LogP contribution in [0.1, 0.15) is 36.1 Å². The Labute approximate surface area is 194 Å². The Balaban J connectivity index is 1.80. The molecular formula is C28H28N2O3. The summed E-state index contributed by atoms with van der Waals surface area (Å²) in [6.07, 6.45) is 0.0447. The highest BCUT2D eigenvalue weighted by Crippen LogP contribution is 2.35. The standard InChI is InChI=1S/C28H28N2O3/c1-17(2)33-23-14-10-21(11-15-23)25-26(29-24-16-19(4)6-9-20(24)5)28(32)30(27(25)31)22-12-7-18(3)8-13-22/h6-17,29H,1-5H3. The minimum atomic E-state index is -0.373. The summed E-state index contributed by atoms with van der Waals surface area (Å²) in [5.74, 6) is -0.0120. The highest BCUT2D eigenvalue weighted by molar-refractivity contribution is 6.46. The number of nitrogens with one attached hydrogen (secondary N) is 1. The molecule has 1 heterocycles. The number of carbonyl (C=O) groups is 2. The van der Waals surface area contributed by atoms with Crippen LogP contribution in [0.4, 0.5) is 11.4 Å². The van der Waals surface area contributed by atoms with Crippen LogP contribution in [0.2, 0.25) is 0 Å². The van der Waals surface area contributed by atoms with Crippen molar-refractivity contribution in [3.63, 3.8) is 0 Å². The Kier molecular flexibility index (Phi) is 6.05. The molecule has 168 valence electrons. The van der Waals surface area contributed by atoms with Crippen LogP contribution < -0.4 is 15.0 Å². The molecule has 0 atom stereocenters. The number of rotatable bonds is 6. The number of benzene rings is 3. The van der Waals surface area contributed by atoms with Gasteiger partial charge in [0.25, 0.3) is 11.8 Å². The van der Waals surface area contributed by atoms with Crippen LogP contribution in [0.5, 0.6) is 5.75 Å². The summed E-state index contributed by atoms with van der Waals surface area (Å²) in [5.41, 5.74) is 5.73. The molecule has 0 unspecified atom stereocenters. The van der Waals surface area contributed by atoms with Gasteiger partial charge in [-0.25, -0.2) is 4.90 Å². The van der Waals surface area contributed by atoms with Gasteiger partial charge in [-0.3, -0.25) is 9.59 Å². The second kappa shape index (κ2) is 8.94. The lowest BCUT2D eigenvalue weighted by atomic mass is 10.0. The van der Waals surface area contributed by atoms with Gasteiger partial charge in [0, 0.05) is 5.69 Å². The number of hydrogen-bond acceptors (Lipinski definition) is 4. The van der Waals surface area contributed by atoms with Crippen molar-refractivity contribution >= 4 is 28.8 Å². The third-order valence-electron chi connectivity index (χ3n) is 5.54. The number of imide groups is 1. The number of nitrogens with zero attached hydrogens (tertiary/aromatic N) is 1. The van der Waals surface area contributed by atoms with Crippen molar-refractivity contribution in [3.8, 4) is 5.75 Å². The highest BCUT2D eigenvalue weighted by atomic mass is 16.5. The SMILES string of the molecule is Cc1ccc(N2C(=O)C(Nc3cc(C)ccc3C)=C(c3ccc(OC(C)C)cc3)C2=O)cc1. The van der Waals surface area contributed by atoms with Gasteiger partial charge in [0.05, 0.1) is 17.4 Å². The molecule has 3 aromatic rings. The Bertz CT molecular complexity index is 1240. The molecule has 3 aromatic carbocycles. The molecule has 0 bridgehead atoms. The fourth-order valence-corrected chi connectivity index (χ4v) is 3.82. The number of ether oxygens (including phenoxy) is 1. The van der Waals surface area contributed by atoms with Gasteiger partial charge in [0.1, 0.15) is 11.4 Å². The molecule has 0 fully saturated rings. The van der Waals surface area contributed by atoms with E-state index in [-0.39, 0.29) is 23.6 Å². The Hall–Kier alpha value is -3.86. The fourth-order valence-electron chi connectivity index (χ4n) is 3.82. The van der Waals surface area contributed by atoms with Crippen LogP contribution >= 0.6 is 0 Å². The molecule has 0 saturated heterocycles. The largest absolute Gasteiger partial charge is 0.491 e. The van der Waals surface area contributed by atoms with Gasteiger partial charge in [0.15, 0.2) is 0 Å². The molecule has 2 amide bonds. The molecule has 4 rings (SSSR count). The molecule has 5 nitrogen and oxygen atoms in total. The summed E-state index contributed by atoms with van der Waals surface area (Å²) >= 11 is 0. The van der Waals surface area contributed by atoms with E-state index in [1.54, 1.807) is 12.1 Å². The molecule has 0 aromatic heterocycles. The lowest BCUT2D eigenvalue weighted by Crippen LogP contribution is -2.32. The second-order valence-corrected chi connectivity index (χ2v) is 8.67. The number of carbonyl (C=O) groups excluding carboxylic acids is 2. The Morgan fingerprint density at radius 2 is 1.42 bits per heavy atom. The quantitative estimate of drug-likeness (QED) is 0.493. The Morgan fingerprint density at radius 3 is 2.06 bits per heavy atom. The van der Waals surface area contributed by atoms with Gasteiger partial charge in [-0.2, -0.15) is 0 Å². The van der Waals surface area contributed by atoms with Crippen LogP contribution in [-0.2, 0) is 9.59 Å². The van der Waals surface area contributed by atoms with E-state index in [2.05, 4.69) is 5.32 Å². The molecule has 1 N–H and O–H groups in total. The van der Waals surface area contributed by atoms with Crippen molar-refractivity contribution in [2.24, 2.45) is 0 Å². The van der Waals surface area contributed by atoms with Crippen LogP contribution in [0.25, 0.3) is 5.57 Å². The van der Waals surface area contributed by atoms with Crippen molar-refractivity contribution in [1.29, 1.82) is 0 Å². The maximum Gasteiger partial charge on any atom is 0.282 e. The van der Waals surface area contributed by atoms with Crippen molar-refractivity contribution in [2.45, 2.75) is 40.7 Å². The van der Waals surface area contributed by atoms with Gasteiger partial charge in [-0.1, -0.05) is 42.0 Å². The first-order chi connectivity index (χ1) is 15.7. The van der Waals surface area contributed by atoms with E-state index in [0.29, 0.717) is 22.6 Å². The molecule has 0 spiro atoms. The van der Waals surface area contributed by atoms with E-state index in [1.807, 2.05) is 89.2 Å². The highest BCUT2D eigenvalue weighted by Gasteiger charge is 2.40. The van der Waals surface area contributed by atoms with Gasteiger partial charge >= 0.3 is 0 Å². The molecule has 0 saturated carbocycles. The zero-order valence-electron chi connectivity index (χ0n) is 19.6. The Morgan fingerprint density at radius 1 is 0.788 bits per heavy atom. The van der Waals surface area contributed by atoms with E-state index >= 15 is 0 Å². The molecule has 33 heavy (non-hydrogen) atoms. The van der Waals surface area contributed by atoms with Gasteiger partial charge in [-0.15, -0.1) is 0 Å². The molecular weight excluding hydrogens is 412 g/mol. The van der Waals surface area contributed by atoms with Crippen molar-refractivity contribution in [1.82, 2.24) is 0 Å². The summed E-state index contributed by atoms with van der Waals surface area (Å²) in [7, 11) is 0. The first kappa shape index (κ1) is 22.3. The predicted molar refractivity (Wildman–Crippen MR) is 132 cm³/mol. The molecule has 0 radical (unpaired) electrons. The van der Waals surface area contributed by atoms with E-state index in [0.717, 1.165) is 22.4 Å². The van der Waals surface area contributed by atoms with E-state index in [4.69, 9.17) is 4.74 Å². The summed E-state index contributed by atoms with van der Waals surface area (Å²) in [6, 6.07) is 20.7. The topological polar surface area (TPSA) is 58.6 Å². The second-order valence-electron chi connectivity index (χ2n) is 8.67. The number of aryl methyl sites for hydroxylation is 3. The average Bonchev–Trinajstić information content (AvgIpc) is 3.01. The maximum absolute atomic E-state index is 13.6. The lowest BCUT2D eigenvalue weighted by molar-refractivity contribution is -0.120. The van der Waals surface area contributed by atoms with Crippen LogP contribution in [-0.4, -0.2) is 17.9 Å². The minimum absolute atomic E-state index is 0.0447. The zero-order valence-corrected chi connectivity index (χ0v) is 19.6. The third kappa shape index (κ3) is 4.53. The molecule has 5 heteroatoms. The van der Waals surface area contributed by atoms with Crippen molar-refractivity contribution in [2.75, 3.05) is 10.2 Å². The van der Waals surface area contributed by atoms with Crippen LogP contribution in [0, 0.1) is 20.8 Å². The average molecular weight is 441 g/mol. The summed E-state index contributed by atoms with van der Waals surface area (Å²) in [6.45, 7) is 9.85. The number of anilines is 2. The third-order valence-corrected chi connectivity index (χ3v) is 5.54. The zero-order chi connectivity index (χ0) is 23.7. The van der Waals surface area contributed by atoms with E-state index in [1.165, 1.54) is 4.90 Å². The summed E-state index contributed by atoms with van der Waals surface area (Å²) in [5, 5.41) is 3.27. The minimum Gasteiger partial charge on any atom is -0.491 e. The predicted octanol–water partition coefficient (Wildman–Crippen LogP) is 5.80. The summed E-state index contributed by atoms with van der Waals surface area (Å²) < 4.78 is 5.74. The number of amides is 2. The van der Waals surface area contributed by atoms with Crippen molar-refractivity contribution in [3.05, 3.63) is 94.7 Å². The normalized spacial score (nSPS) is 13.8. The molecule has 1 aliphatic heterocycles. The molecule has 0 aliphatic carbocycles. The monoisotopic (exact) mass is 440 g/mol.